The van der Waals surface area contributed by atoms with E-state index < -0.39 is 12.0 Å². The summed E-state index contributed by atoms with van der Waals surface area (Å²) in [5.74, 6) is -1.06. The Bertz CT molecular complexity index is 268. The number of rotatable bonds is 6. The van der Waals surface area contributed by atoms with E-state index in [0.29, 0.717) is 6.42 Å². The minimum Gasteiger partial charge on any atom is -0.480 e. The van der Waals surface area contributed by atoms with Crippen LogP contribution in [0.1, 0.15) is 40.5 Å². The lowest BCUT2D eigenvalue weighted by molar-refractivity contribution is -0.140. The van der Waals surface area contributed by atoms with Gasteiger partial charge in [-0.2, -0.15) is 0 Å². The number of hydrogen-bond acceptors (Lipinski definition) is 2. The Morgan fingerprint density at radius 1 is 1.24 bits per heavy atom. The van der Waals surface area contributed by atoms with Crippen LogP contribution in [0.4, 0.5) is 4.79 Å². The highest BCUT2D eigenvalue weighted by Gasteiger charge is 2.27. The van der Waals surface area contributed by atoms with Gasteiger partial charge in [-0.15, -0.1) is 0 Å². The first kappa shape index (κ1) is 15.7. The van der Waals surface area contributed by atoms with Crippen LogP contribution in [0.25, 0.3) is 0 Å². The summed E-state index contributed by atoms with van der Waals surface area (Å²) < 4.78 is 0. The molecule has 0 aromatic rings. The molecule has 5 heteroatoms. The van der Waals surface area contributed by atoms with Gasteiger partial charge in [0.1, 0.15) is 6.04 Å². The summed E-state index contributed by atoms with van der Waals surface area (Å²) in [6, 6.07) is -1.05. The van der Waals surface area contributed by atoms with Gasteiger partial charge in [-0.25, -0.2) is 9.59 Å². The van der Waals surface area contributed by atoms with Gasteiger partial charge in [0.25, 0.3) is 0 Å². The van der Waals surface area contributed by atoms with Crippen LogP contribution in [-0.4, -0.2) is 41.1 Å². The number of hydrogen-bond donors (Lipinski definition) is 2. The Labute approximate surface area is 103 Å². The van der Waals surface area contributed by atoms with Crippen molar-refractivity contribution in [3.63, 3.8) is 0 Å². The average Bonchev–Trinajstić information content (AvgIpc) is 2.32. The first-order valence-corrected chi connectivity index (χ1v) is 6.11. The molecular formula is C12H24N2O3. The lowest BCUT2D eigenvalue weighted by Crippen LogP contribution is -2.51. The molecule has 0 heterocycles. The van der Waals surface area contributed by atoms with E-state index in [1.165, 1.54) is 0 Å². The minimum atomic E-state index is -0.981. The molecule has 3 atom stereocenters. The molecule has 0 spiro atoms. The third-order valence-corrected chi connectivity index (χ3v) is 3.33. The molecule has 0 bridgehead atoms. The lowest BCUT2D eigenvalue weighted by atomic mass is 9.99. The SMILES string of the molecule is CCC(C)N(C)C(=O)N[C@H](C(=O)O)[C@@H](C)CC. The number of nitrogens with zero attached hydrogens (tertiary/aromatic N) is 1. The second-order valence-corrected chi connectivity index (χ2v) is 4.52. The molecule has 1 unspecified atom stereocenters. The fourth-order valence-corrected chi connectivity index (χ4v) is 1.39. The number of carboxylic acids is 1. The lowest BCUT2D eigenvalue weighted by Gasteiger charge is -2.27. The predicted octanol–water partition coefficient (Wildman–Crippen LogP) is 1.93. The quantitative estimate of drug-likeness (QED) is 0.750. The highest BCUT2D eigenvalue weighted by atomic mass is 16.4. The molecule has 0 fully saturated rings. The summed E-state index contributed by atoms with van der Waals surface area (Å²) in [5, 5.41) is 11.6. The molecule has 0 aliphatic rings. The van der Waals surface area contributed by atoms with Crippen LogP contribution in [-0.2, 0) is 4.79 Å². The van der Waals surface area contributed by atoms with Gasteiger partial charge >= 0.3 is 12.0 Å². The van der Waals surface area contributed by atoms with Crippen molar-refractivity contribution in [2.45, 2.75) is 52.6 Å². The molecule has 2 amide bonds. The Balaban J connectivity index is 4.56. The van der Waals surface area contributed by atoms with E-state index in [0.717, 1.165) is 6.42 Å². The number of aliphatic carboxylic acids is 1. The van der Waals surface area contributed by atoms with E-state index in [9.17, 15) is 9.59 Å². The second kappa shape index (κ2) is 7.14. The Morgan fingerprint density at radius 2 is 1.76 bits per heavy atom. The maximum atomic E-state index is 11.8. The van der Waals surface area contributed by atoms with Gasteiger partial charge in [-0.05, 0) is 19.3 Å². The first-order chi connectivity index (χ1) is 7.84. The van der Waals surface area contributed by atoms with Crippen molar-refractivity contribution in [2.75, 3.05) is 7.05 Å². The monoisotopic (exact) mass is 244 g/mol. The number of urea groups is 1. The molecular weight excluding hydrogens is 220 g/mol. The van der Waals surface area contributed by atoms with Crippen molar-refractivity contribution in [3.05, 3.63) is 0 Å². The predicted molar refractivity (Wildman–Crippen MR) is 66.9 cm³/mol. The van der Waals surface area contributed by atoms with Crippen molar-refractivity contribution in [3.8, 4) is 0 Å². The molecule has 2 N–H and O–H groups in total. The summed E-state index contributed by atoms with van der Waals surface area (Å²) in [4.78, 5) is 24.4. The van der Waals surface area contributed by atoms with Crippen LogP contribution in [0.15, 0.2) is 0 Å². The van der Waals surface area contributed by atoms with Gasteiger partial charge in [0, 0.05) is 13.1 Å². The number of carbonyl (C=O) groups excluding carboxylic acids is 1. The molecule has 0 aromatic heterocycles. The fraction of sp³-hybridized carbons (Fsp3) is 0.833. The van der Waals surface area contributed by atoms with E-state index in [4.69, 9.17) is 5.11 Å². The zero-order valence-corrected chi connectivity index (χ0v) is 11.4. The zero-order chi connectivity index (χ0) is 13.6. The summed E-state index contributed by atoms with van der Waals surface area (Å²) in [5.41, 5.74) is 0. The van der Waals surface area contributed by atoms with Crippen molar-refractivity contribution in [1.29, 1.82) is 0 Å². The number of amides is 2. The van der Waals surface area contributed by atoms with Crippen LogP contribution in [0, 0.1) is 5.92 Å². The standard InChI is InChI=1S/C12H24N2O3/c1-6-8(3)10(11(15)16)13-12(17)14(5)9(4)7-2/h8-10H,6-7H2,1-5H3,(H,13,17)(H,15,16)/t8-,9?,10-/m0/s1. The first-order valence-electron chi connectivity index (χ1n) is 6.11. The molecule has 0 aromatic carbocycles. The summed E-state index contributed by atoms with van der Waals surface area (Å²) >= 11 is 0. The number of nitrogens with one attached hydrogen (secondary N) is 1. The van der Waals surface area contributed by atoms with Crippen LogP contribution in [0.3, 0.4) is 0 Å². The van der Waals surface area contributed by atoms with Crippen LogP contribution in [0.5, 0.6) is 0 Å². The normalized spacial score (nSPS) is 15.8. The maximum absolute atomic E-state index is 11.8. The third kappa shape index (κ3) is 4.63. The molecule has 0 rings (SSSR count). The van der Waals surface area contributed by atoms with Crippen molar-refractivity contribution in [2.24, 2.45) is 5.92 Å². The average molecular weight is 244 g/mol. The van der Waals surface area contributed by atoms with Gasteiger partial charge in [-0.1, -0.05) is 27.2 Å². The van der Waals surface area contributed by atoms with E-state index in [2.05, 4.69) is 5.32 Å². The third-order valence-electron chi connectivity index (χ3n) is 3.33. The maximum Gasteiger partial charge on any atom is 0.326 e. The molecule has 0 saturated carbocycles. The second-order valence-electron chi connectivity index (χ2n) is 4.52. The summed E-state index contributed by atoms with van der Waals surface area (Å²) in [6.07, 6.45) is 1.55. The zero-order valence-electron chi connectivity index (χ0n) is 11.4. The highest BCUT2D eigenvalue weighted by Crippen LogP contribution is 2.09. The van der Waals surface area contributed by atoms with Gasteiger partial charge in [0.05, 0.1) is 0 Å². The van der Waals surface area contributed by atoms with Gasteiger partial charge in [0.15, 0.2) is 0 Å². The van der Waals surface area contributed by atoms with Crippen LogP contribution >= 0.6 is 0 Å². The smallest absolute Gasteiger partial charge is 0.326 e. The van der Waals surface area contributed by atoms with Gasteiger partial charge < -0.3 is 15.3 Å². The Morgan fingerprint density at radius 3 is 2.12 bits per heavy atom. The Kier molecular flexibility index (Phi) is 6.61. The molecule has 0 radical (unpaired) electrons. The summed E-state index contributed by atoms with van der Waals surface area (Å²) in [7, 11) is 1.68. The van der Waals surface area contributed by atoms with Crippen LogP contribution in [0.2, 0.25) is 0 Å². The van der Waals surface area contributed by atoms with E-state index in [1.54, 1.807) is 11.9 Å². The molecule has 100 valence electrons. The largest absolute Gasteiger partial charge is 0.480 e. The molecule has 5 nitrogen and oxygen atoms in total. The summed E-state index contributed by atoms with van der Waals surface area (Å²) in [6.45, 7) is 7.64. The number of carboxylic acid groups (broad SMARTS) is 1. The van der Waals surface area contributed by atoms with E-state index >= 15 is 0 Å². The van der Waals surface area contributed by atoms with Crippen molar-refractivity contribution >= 4 is 12.0 Å². The highest BCUT2D eigenvalue weighted by molar-refractivity contribution is 5.82. The molecule has 0 saturated heterocycles. The van der Waals surface area contributed by atoms with Gasteiger partial charge in [-0.3, -0.25) is 0 Å². The van der Waals surface area contributed by atoms with Crippen LogP contribution < -0.4 is 5.32 Å². The minimum absolute atomic E-state index is 0.0817. The Hall–Kier alpha value is -1.26. The van der Waals surface area contributed by atoms with Gasteiger partial charge in [0.2, 0.25) is 0 Å². The van der Waals surface area contributed by atoms with Crippen molar-refractivity contribution < 1.29 is 14.7 Å². The topological polar surface area (TPSA) is 69.6 Å². The fourth-order valence-electron chi connectivity index (χ4n) is 1.39. The van der Waals surface area contributed by atoms with E-state index in [-0.39, 0.29) is 18.0 Å². The molecule has 0 aliphatic heterocycles. The number of carbonyl (C=O) groups is 2. The molecule has 17 heavy (non-hydrogen) atoms. The molecule has 0 aliphatic carbocycles. The van der Waals surface area contributed by atoms with E-state index in [1.807, 2.05) is 27.7 Å². The van der Waals surface area contributed by atoms with Crippen molar-refractivity contribution in [1.82, 2.24) is 10.2 Å².